The van der Waals surface area contributed by atoms with Crippen molar-refractivity contribution >= 4 is 33.6 Å². The van der Waals surface area contributed by atoms with Gasteiger partial charge >= 0.3 is 0 Å². The number of carbonyl (C=O) groups excluding carboxylic acids is 1. The SMILES string of the molecule is CCSC1CCCC1NC(=O)c1ccnc(Br)c1. The van der Waals surface area contributed by atoms with Gasteiger partial charge in [0.25, 0.3) is 5.91 Å². The van der Waals surface area contributed by atoms with Gasteiger partial charge in [0.1, 0.15) is 4.60 Å². The zero-order valence-electron chi connectivity index (χ0n) is 10.4. The third-order valence-corrected chi connectivity index (χ3v) is 4.90. The molecule has 1 aromatic rings. The minimum absolute atomic E-state index is 0.00621. The fourth-order valence-electron chi connectivity index (χ4n) is 2.30. The number of aromatic nitrogens is 1. The van der Waals surface area contributed by atoms with E-state index in [1.165, 1.54) is 12.8 Å². The smallest absolute Gasteiger partial charge is 0.251 e. The Balaban J connectivity index is 1.98. The summed E-state index contributed by atoms with van der Waals surface area (Å²) in [6.45, 7) is 2.17. The van der Waals surface area contributed by atoms with E-state index in [1.54, 1.807) is 18.3 Å². The van der Waals surface area contributed by atoms with Crippen LogP contribution in [0.5, 0.6) is 0 Å². The van der Waals surface area contributed by atoms with Crippen LogP contribution >= 0.6 is 27.7 Å². The van der Waals surface area contributed by atoms with E-state index in [-0.39, 0.29) is 5.91 Å². The second-order valence-electron chi connectivity index (χ2n) is 4.37. The zero-order valence-corrected chi connectivity index (χ0v) is 12.8. The number of amides is 1. The fourth-order valence-corrected chi connectivity index (χ4v) is 3.86. The summed E-state index contributed by atoms with van der Waals surface area (Å²) in [5.41, 5.74) is 0.670. The monoisotopic (exact) mass is 328 g/mol. The topological polar surface area (TPSA) is 42.0 Å². The number of hydrogen-bond acceptors (Lipinski definition) is 3. The van der Waals surface area contributed by atoms with Crippen molar-refractivity contribution in [1.82, 2.24) is 10.3 Å². The molecule has 5 heteroatoms. The van der Waals surface area contributed by atoms with Crippen LogP contribution < -0.4 is 5.32 Å². The molecule has 98 valence electrons. The van der Waals surface area contributed by atoms with E-state index in [0.717, 1.165) is 12.2 Å². The number of rotatable bonds is 4. The van der Waals surface area contributed by atoms with Gasteiger partial charge in [-0.2, -0.15) is 11.8 Å². The highest BCUT2D eigenvalue weighted by Gasteiger charge is 2.28. The van der Waals surface area contributed by atoms with Crippen molar-refractivity contribution in [3.05, 3.63) is 28.5 Å². The Morgan fingerprint density at radius 2 is 2.44 bits per heavy atom. The molecule has 0 bridgehead atoms. The first kappa shape index (κ1) is 13.9. The number of thioether (sulfide) groups is 1. The Labute approximate surface area is 120 Å². The van der Waals surface area contributed by atoms with Crippen LogP contribution in [0, 0.1) is 0 Å². The molecule has 1 N–H and O–H groups in total. The molecule has 1 aliphatic carbocycles. The quantitative estimate of drug-likeness (QED) is 0.862. The first-order chi connectivity index (χ1) is 8.70. The van der Waals surface area contributed by atoms with Crippen LogP contribution in [0.4, 0.5) is 0 Å². The number of carbonyl (C=O) groups is 1. The van der Waals surface area contributed by atoms with E-state index >= 15 is 0 Å². The maximum Gasteiger partial charge on any atom is 0.251 e. The van der Waals surface area contributed by atoms with Gasteiger partial charge in [0.2, 0.25) is 0 Å². The highest BCUT2D eigenvalue weighted by atomic mass is 79.9. The molecule has 0 aromatic carbocycles. The number of pyridine rings is 1. The van der Waals surface area contributed by atoms with E-state index in [2.05, 4.69) is 33.2 Å². The summed E-state index contributed by atoms with van der Waals surface area (Å²) >= 11 is 5.24. The third-order valence-electron chi connectivity index (χ3n) is 3.14. The zero-order chi connectivity index (χ0) is 13.0. The molecule has 0 aliphatic heterocycles. The van der Waals surface area contributed by atoms with E-state index in [9.17, 15) is 4.79 Å². The molecule has 0 saturated heterocycles. The summed E-state index contributed by atoms with van der Waals surface area (Å²) in [6.07, 6.45) is 5.16. The number of hydrogen-bond donors (Lipinski definition) is 1. The van der Waals surface area contributed by atoms with Crippen LogP contribution in [0.15, 0.2) is 22.9 Å². The molecule has 2 unspecified atom stereocenters. The van der Waals surface area contributed by atoms with E-state index in [0.29, 0.717) is 21.5 Å². The predicted octanol–water partition coefficient (Wildman–Crippen LogP) is 3.25. The van der Waals surface area contributed by atoms with Gasteiger partial charge in [-0.1, -0.05) is 13.3 Å². The maximum atomic E-state index is 12.1. The summed E-state index contributed by atoms with van der Waals surface area (Å²) < 4.78 is 0.695. The second kappa shape index (κ2) is 6.57. The number of nitrogens with zero attached hydrogens (tertiary/aromatic N) is 1. The van der Waals surface area contributed by atoms with Gasteiger partial charge in [-0.25, -0.2) is 4.98 Å². The van der Waals surface area contributed by atoms with Crippen molar-refractivity contribution in [2.75, 3.05) is 5.75 Å². The molecule has 2 atom stereocenters. The molecule has 0 spiro atoms. The van der Waals surface area contributed by atoms with Crippen LogP contribution in [0.2, 0.25) is 0 Å². The molecule has 18 heavy (non-hydrogen) atoms. The largest absolute Gasteiger partial charge is 0.348 e. The molecule has 1 saturated carbocycles. The van der Waals surface area contributed by atoms with Crippen molar-refractivity contribution in [2.24, 2.45) is 0 Å². The van der Waals surface area contributed by atoms with Crippen LogP contribution in [0.1, 0.15) is 36.5 Å². The van der Waals surface area contributed by atoms with Gasteiger partial charge in [-0.3, -0.25) is 4.79 Å². The molecule has 1 heterocycles. The molecule has 3 nitrogen and oxygen atoms in total. The predicted molar refractivity (Wildman–Crippen MR) is 79.0 cm³/mol. The van der Waals surface area contributed by atoms with Gasteiger partial charge in [0, 0.05) is 23.1 Å². The van der Waals surface area contributed by atoms with Crippen molar-refractivity contribution in [3.8, 4) is 0 Å². The Morgan fingerprint density at radius 3 is 3.17 bits per heavy atom. The second-order valence-corrected chi connectivity index (χ2v) is 6.70. The van der Waals surface area contributed by atoms with Crippen LogP contribution in [-0.4, -0.2) is 27.9 Å². The summed E-state index contributed by atoms with van der Waals surface area (Å²) in [5.74, 6) is 1.12. The van der Waals surface area contributed by atoms with Gasteiger partial charge in [0.05, 0.1) is 0 Å². The number of halogens is 1. The average Bonchev–Trinajstić information content (AvgIpc) is 2.77. The molecule has 1 fully saturated rings. The molecule has 0 radical (unpaired) electrons. The van der Waals surface area contributed by atoms with E-state index in [1.807, 2.05) is 11.8 Å². The Hall–Kier alpha value is -0.550. The summed E-state index contributed by atoms with van der Waals surface area (Å²) in [6, 6.07) is 3.82. The van der Waals surface area contributed by atoms with Gasteiger partial charge in [-0.05, 0) is 46.7 Å². The molecule has 1 aliphatic rings. The molecular formula is C13H17BrN2OS. The lowest BCUT2D eigenvalue weighted by atomic mass is 10.2. The minimum atomic E-state index is 0.00621. The maximum absolute atomic E-state index is 12.1. The number of nitrogens with one attached hydrogen (secondary N) is 1. The highest BCUT2D eigenvalue weighted by molar-refractivity contribution is 9.10. The van der Waals surface area contributed by atoms with Crippen LogP contribution in [0.3, 0.4) is 0 Å². The highest BCUT2D eigenvalue weighted by Crippen LogP contribution is 2.30. The van der Waals surface area contributed by atoms with Gasteiger partial charge < -0.3 is 5.32 Å². The van der Waals surface area contributed by atoms with Crippen LogP contribution in [0.25, 0.3) is 0 Å². The summed E-state index contributed by atoms with van der Waals surface area (Å²) in [5, 5.41) is 3.72. The minimum Gasteiger partial charge on any atom is -0.348 e. The van der Waals surface area contributed by atoms with E-state index < -0.39 is 0 Å². The van der Waals surface area contributed by atoms with Crippen molar-refractivity contribution < 1.29 is 4.79 Å². The van der Waals surface area contributed by atoms with Gasteiger partial charge in [0.15, 0.2) is 0 Å². The molecular weight excluding hydrogens is 312 g/mol. The van der Waals surface area contributed by atoms with Crippen molar-refractivity contribution in [3.63, 3.8) is 0 Å². The molecule has 2 rings (SSSR count). The lowest BCUT2D eigenvalue weighted by molar-refractivity contribution is 0.0938. The van der Waals surface area contributed by atoms with E-state index in [4.69, 9.17) is 0 Å². The first-order valence-corrected chi connectivity index (χ1v) is 8.09. The molecule has 1 aromatic heterocycles. The fraction of sp³-hybridized carbons (Fsp3) is 0.538. The molecule has 1 amide bonds. The van der Waals surface area contributed by atoms with Gasteiger partial charge in [-0.15, -0.1) is 0 Å². The standard InChI is InChI=1S/C13H17BrN2OS/c1-2-18-11-5-3-4-10(11)16-13(17)9-6-7-15-12(14)8-9/h6-8,10-11H,2-5H2,1H3,(H,16,17). The Morgan fingerprint density at radius 1 is 1.61 bits per heavy atom. The average molecular weight is 329 g/mol. The Bertz CT molecular complexity index is 427. The lowest BCUT2D eigenvalue weighted by Crippen LogP contribution is -2.38. The van der Waals surface area contributed by atoms with Crippen molar-refractivity contribution in [2.45, 2.75) is 37.5 Å². The summed E-state index contributed by atoms with van der Waals surface area (Å²) in [4.78, 5) is 16.2. The van der Waals surface area contributed by atoms with Crippen LogP contribution in [-0.2, 0) is 0 Å². The summed E-state index contributed by atoms with van der Waals surface area (Å²) in [7, 11) is 0. The first-order valence-electron chi connectivity index (χ1n) is 6.24. The Kier molecular flexibility index (Phi) is 5.06. The lowest BCUT2D eigenvalue weighted by Gasteiger charge is -2.20. The third kappa shape index (κ3) is 3.48. The normalized spacial score (nSPS) is 23.0. The van der Waals surface area contributed by atoms with Crippen molar-refractivity contribution in [1.29, 1.82) is 0 Å².